The zero-order valence-corrected chi connectivity index (χ0v) is 16.5. The lowest BCUT2D eigenvalue weighted by Gasteiger charge is -2.09. The lowest BCUT2D eigenvalue weighted by atomic mass is 9.97. The normalized spacial score (nSPS) is 14.8. The van der Waals surface area contributed by atoms with Crippen LogP contribution < -0.4 is 5.69 Å². The molecule has 0 amide bonds. The first-order valence-electron chi connectivity index (χ1n) is 9.81. The maximum Gasteiger partial charge on any atom is 0.347 e. The number of fused-ring (bicyclic) bond motifs is 1. The predicted molar refractivity (Wildman–Crippen MR) is 113 cm³/mol. The minimum Gasteiger partial charge on any atom is -0.301 e. The molecular formula is C24H19N5O. The molecule has 30 heavy (non-hydrogen) atoms. The van der Waals surface area contributed by atoms with Crippen LogP contribution in [0, 0.1) is 11.8 Å². The van der Waals surface area contributed by atoms with E-state index in [4.69, 9.17) is 5.10 Å². The van der Waals surface area contributed by atoms with Gasteiger partial charge in [-0.2, -0.15) is 5.10 Å². The Labute approximate surface area is 173 Å². The topological polar surface area (TPSA) is 65.6 Å². The summed E-state index contributed by atoms with van der Waals surface area (Å²) in [4.78, 5) is 19.5. The van der Waals surface area contributed by atoms with Crippen molar-refractivity contribution in [1.29, 1.82) is 0 Å². The molecule has 3 aromatic heterocycles. The van der Waals surface area contributed by atoms with Crippen LogP contribution in [0.4, 0.5) is 0 Å². The van der Waals surface area contributed by atoms with Gasteiger partial charge in [0.05, 0.1) is 23.1 Å². The van der Waals surface area contributed by atoms with Crippen LogP contribution >= 0.6 is 0 Å². The van der Waals surface area contributed by atoms with Crippen LogP contribution in [0.25, 0.3) is 5.69 Å². The van der Waals surface area contributed by atoms with E-state index < -0.39 is 0 Å². The second-order valence-corrected chi connectivity index (χ2v) is 7.40. The summed E-state index contributed by atoms with van der Waals surface area (Å²) in [6, 6.07) is 12.5. The molecule has 5 rings (SSSR count). The molecule has 1 aliphatic rings. The molecule has 1 atom stereocenters. The lowest BCUT2D eigenvalue weighted by Crippen LogP contribution is -2.18. The summed E-state index contributed by atoms with van der Waals surface area (Å²) in [6.07, 6.45) is 10.9. The van der Waals surface area contributed by atoms with Gasteiger partial charge in [-0.15, -0.1) is 0 Å². The van der Waals surface area contributed by atoms with Crippen LogP contribution in [0.2, 0.25) is 0 Å². The van der Waals surface area contributed by atoms with Crippen molar-refractivity contribution in [3.05, 3.63) is 106 Å². The number of benzene rings is 1. The van der Waals surface area contributed by atoms with Gasteiger partial charge in [-0.3, -0.25) is 4.98 Å². The highest BCUT2D eigenvalue weighted by Gasteiger charge is 2.27. The molecule has 0 bridgehead atoms. The van der Waals surface area contributed by atoms with E-state index in [-0.39, 0.29) is 5.69 Å². The number of aryl methyl sites for hydroxylation is 2. The van der Waals surface area contributed by atoms with Gasteiger partial charge < -0.3 is 4.57 Å². The van der Waals surface area contributed by atoms with E-state index in [1.807, 2.05) is 16.8 Å². The lowest BCUT2D eigenvalue weighted by molar-refractivity contribution is 0.725. The zero-order valence-electron chi connectivity index (χ0n) is 16.5. The fraction of sp³-hybridized carbons (Fsp3) is 0.167. The molecular weight excluding hydrogens is 374 g/mol. The van der Waals surface area contributed by atoms with E-state index in [2.05, 4.69) is 52.3 Å². The molecule has 0 saturated carbocycles. The molecule has 0 aliphatic heterocycles. The number of hydrogen-bond donors (Lipinski definition) is 0. The van der Waals surface area contributed by atoms with E-state index >= 15 is 0 Å². The minimum atomic E-state index is -0.301. The number of pyridine rings is 1. The first-order valence-corrected chi connectivity index (χ1v) is 9.81. The van der Waals surface area contributed by atoms with E-state index in [0.29, 0.717) is 11.5 Å². The molecule has 4 aromatic rings. The molecule has 0 radical (unpaired) electrons. The monoisotopic (exact) mass is 393 g/mol. The summed E-state index contributed by atoms with van der Waals surface area (Å²) in [5, 5.41) is 4.88. The second-order valence-electron chi connectivity index (χ2n) is 7.40. The Bertz CT molecular complexity index is 1340. The van der Waals surface area contributed by atoms with Crippen LogP contribution in [0.3, 0.4) is 0 Å². The summed E-state index contributed by atoms with van der Waals surface area (Å²) in [5.41, 5.74) is 5.77. The van der Waals surface area contributed by atoms with Crippen LogP contribution in [0.15, 0.2) is 72.2 Å². The van der Waals surface area contributed by atoms with Crippen molar-refractivity contribution in [2.75, 3.05) is 0 Å². The molecule has 3 heterocycles. The quantitative estimate of drug-likeness (QED) is 0.491. The zero-order chi connectivity index (χ0) is 20.5. The van der Waals surface area contributed by atoms with Gasteiger partial charge in [0.25, 0.3) is 0 Å². The average Bonchev–Trinajstić information content (AvgIpc) is 3.36. The van der Waals surface area contributed by atoms with Gasteiger partial charge in [-0.05, 0) is 30.0 Å². The fourth-order valence-corrected chi connectivity index (χ4v) is 3.83. The summed E-state index contributed by atoms with van der Waals surface area (Å²) >= 11 is 0. The van der Waals surface area contributed by atoms with Gasteiger partial charge in [0, 0.05) is 43.3 Å². The van der Waals surface area contributed by atoms with Crippen molar-refractivity contribution in [1.82, 2.24) is 24.3 Å². The largest absolute Gasteiger partial charge is 0.347 e. The smallest absolute Gasteiger partial charge is 0.301 e. The van der Waals surface area contributed by atoms with Crippen LogP contribution in [-0.2, 0) is 13.5 Å². The van der Waals surface area contributed by atoms with Crippen molar-refractivity contribution in [3.63, 3.8) is 0 Å². The van der Waals surface area contributed by atoms with Crippen molar-refractivity contribution >= 4 is 0 Å². The Kier molecular flexibility index (Phi) is 4.49. The molecule has 0 spiro atoms. The number of hydrogen-bond acceptors (Lipinski definition) is 4. The van der Waals surface area contributed by atoms with Crippen molar-refractivity contribution in [2.45, 2.75) is 18.8 Å². The molecule has 0 N–H and O–H groups in total. The van der Waals surface area contributed by atoms with Gasteiger partial charge in [0.1, 0.15) is 0 Å². The Morgan fingerprint density at radius 2 is 1.87 bits per heavy atom. The van der Waals surface area contributed by atoms with E-state index in [0.717, 1.165) is 29.8 Å². The Morgan fingerprint density at radius 1 is 1.03 bits per heavy atom. The molecule has 0 unspecified atom stereocenters. The molecule has 6 heteroatoms. The average molecular weight is 393 g/mol. The van der Waals surface area contributed by atoms with Gasteiger partial charge >= 0.3 is 5.69 Å². The summed E-state index contributed by atoms with van der Waals surface area (Å²) in [5.74, 6) is 6.47. The third kappa shape index (κ3) is 3.42. The predicted octanol–water partition coefficient (Wildman–Crippen LogP) is 2.84. The molecule has 6 nitrogen and oxygen atoms in total. The van der Waals surface area contributed by atoms with E-state index in [1.165, 1.54) is 21.9 Å². The fourth-order valence-electron chi connectivity index (χ4n) is 3.83. The van der Waals surface area contributed by atoms with Crippen molar-refractivity contribution in [2.24, 2.45) is 7.05 Å². The summed E-state index contributed by atoms with van der Waals surface area (Å²) in [7, 11) is 1.66. The molecule has 1 aliphatic carbocycles. The molecule has 146 valence electrons. The first-order chi connectivity index (χ1) is 14.7. The van der Waals surface area contributed by atoms with E-state index in [9.17, 15) is 4.79 Å². The Morgan fingerprint density at radius 3 is 2.70 bits per heavy atom. The minimum absolute atomic E-state index is 0.301. The summed E-state index contributed by atoms with van der Waals surface area (Å²) < 4.78 is 3.30. The second kappa shape index (κ2) is 7.45. The third-order valence-corrected chi connectivity index (χ3v) is 5.35. The van der Waals surface area contributed by atoms with Gasteiger partial charge in [-0.1, -0.05) is 42.2 Å². The number of nitrogens with zero attached hydrogens (tertiary/aromatic N) is 5. The third-order valence-electron chi connectivity index (χ3n) is 5.35. The Hall–Kier alpha value is -3.98. The number of rotatable bonds is 2. The first kappa shape index (κ1) is 18.1. The molecule has 0 saturated heterocycles. The SMILES string of the molecule is Cn1cc(C#Cc2cncc(-n3cc4c(n3)[C@H](c3ccccc3)CC4)c2)cnc1=O. The van der Waals surface area contributed by atoms with Crippen LogP contribution in [0.1, 0.15) is 40.3 Å². The van der Waals surface area contributed by atoms with Crippen LogP contribution in [-0.4, -0.2) is 24.3 Å². The maximum absolute atomic E-state index is 11.4. The highest BCUT2D eigenvalue weighted by atomic mass is 16.1. The highest BCUT2D eigenvalue weighted by Crippen LogP contribution is 2.37. The Balaban J connectivity index is 1.44. The van der Waals surface area contributed by atoms with Gasteiger partial charge in [0.15, 0.2) is 0 Å². The van der Waals surface area contributed by atoms with Crippen molar-refractivity contribution < 1.29 is 0 Å². The number of aromatic nitrogens is 5. The van der Waals surface area contributed by atoms with Gasteiger partial charge in [-0.25, -0.2) is 14.5 Å². The molecule has 1 aromatic carbocycles. The van der Waals surface area contributed by atoms with Gasteiger partial charge in [0.2, 0.25) is 0 Å². The standard InChI is InChI=1S/C24H19N5O/c1-28-15-18(13-26-24(28)30)8-7-17-11-21(14-25-12-17)29-16-20-9-10-22(23(20)27-29)19-5-3-2-4-6-19/h2-6,11-16,22H,9-10H2,1H3/t22-/m0/s1. The molecule has 0 fully saturated rings. The van der Waals surface area contributed by atoms with Crippen LogP contribution in [0.5, 0.6) is 0 Å². The van der Waals surface area contributed by atoms with E-state index in [1.54, 1.807) is 25.6 Å². The summed E-state index contributed by atoms with van der Waals surface area (Å²) in [6.45, 7) is 0. The van der Waals surface area contributed by atoms with Crippen molar-refractivity contribution in [3.8, 4) is 17.5 Å². The maximum atomic E-state index is 11.4. The highest BCUT2D eigenvalue weighted by molar-refractivity contribution is 5.45.